The highest BCUT2D eigenvalue weighted by Gasteiger charge is 1.97. The molecule has 1 aromatic carbocycles. The zero-order valence-electron chi connectivity index (χ0n) is 11.6. The minimum atomic E-state index is 0. The maximum atomic E-state index is 5.87. The van der Waals surface area contributed by atoms with E-state index in [9.17, 15) is 0 Å². The Kier molecular flexibility index (Phi) is 11.4. The number of nitrogens with zero attached hydrogens (tertiary/aromatic N) is 2. The molecule has 0 saturated heterocycles. The normalized spacial score (nSPS) is 10.6. The molecule has 1 aromatic heterocycles. The summed E-state index contributed by atoms with van der Waals surface area (Å²) < 4.78 is 0. The van der Waals surface area contributed by atoms with Crippen molar-refractivity contribution in [1.29, 1.82) is 0 Å². The average Bonchev–Trinajstić information content (AvgIpc) is 2.96. The van der Waals surface area contributed by atoms with Crippen molar-refractivity contribution in [2.75, 3.05) is 5.75 Å². The van der Waals surface area contributed by atoms with Gasteiger partial charge >= 0.3 is 0 Å². The minimum absolute atomic E-state index is 0. The maximum Gasteiger partial charge on any atom is 0.154 e. The largest absolute Gasteiger partial charge is 0.379 e. The van der Waals surface area contributed by atoms with Gasteiger partial charge in [-0.25, -0.2) is 4.98 Å². The first-order valence-corrected chi connectivity index (χ1v) is 7.27. The highest BCUT2D eigenvalue weighted by molar-refractivity contribution is 8.93. The quantitative estimate of drug-likeness (QED) is 0.412. The van der Waals surface area contributed by atoms with Crippen LogP contribution in [0.25, 0.3) is 0 Å². The standard InChI is InChI=1S/C14H18N4S.2BrH/c15-14(17-9-12-5-2-1-3-6-12)19-8-4-7-13-10-16-11-18-13;;/h1-3,5-6,10-11H,4,7-9H2,(H2,15,17)(H,16,18);2*1H. The molecule has 0 aliphatic heterocycles. The number of aromatic nitrogens is 2. The molecule has 0 saturated carbocycles. The SMILES string of the molecule is Br.Br.NC(=NCc1ccccc1)SCCCc1cnc[nH]1. The lowest BCUT2D eigenvalue weighted by Crippen LogP contribution is -2.08. The van der Waals surface area contributed by atoms with Crippen molar-refractivity contribution in [3.8, 4) is 0 Å². The van der Waals surface area contributed by atoms with Crippen LogP contribution in [0, 0.1) is 0 Å². The number of halogens is 2. The Morgan fingerprint density at radius 3 is 2.67 bits per heavy atom. The van der Waals surface area contributed by atoms with Crippen LogP contribution >= 0.6 is 45.7 Å². The molecule has 0 fully saturated rings. The highest BCUT2D eigenvalue weighted by atomic mass is 79.9. The summed E-state index contributed by atoms with van der Waals surface area (Å²) in [6, 6.07) is 10.1. The molecule has 0 spiro atoms. The number of nitrogens with one attached hydrogen (secondary N) is 1. The van der Waals surface area contributed by atoms with Crippen LogP contribution in [0.1, 0.15) is 17.7 Å². The summed E-state index contributed by atoms with van der Waals surface area (Å²) in [6.45, 7) is 0.653. The summed E-state index contributed by atoms with van der Waals surface area (Å²) in [7, 11) is 0. The van der Waals surface area contributed by atoms with E-state index < -0.39 is 0 Å². The molecule has 2 rings (SSSR count). The number of thioether (sulfide) groups is 1. The molecule has 4 nitrogen and oxygen atoms in total. The molecule has 0 bridgehead atoms. The van der Waals surface area contributed by atoms with Crippen LogP contribution in [0.2, 0.25) is 0 Å². The summed E-state index contributed by atoms with van der Waals surface area (Å²) in [5.41, 5.74) is 8.22. The van der Waals surface area contributed by atoms with E-state index in [2.05, 4.69) is 27.1 Å². The number of nitrogens with two attached hydrogens (primary N) is 1. The Hall–Kier alpha value is -0.790. The van der Waals surface area contributed by atoms with Crippen LogP contribution in [0.4, 0.5) is 0 Å². The fourth-order valence-electron chi connectivity index (χ4n) is 1.66. The molecule has 0 amide bonds. The van der Waals surface area contributed by atoms with Gasteiger partial charge in [-0.3, -0.25) is 4.99 Å². The predicted octanol–water partition coefficient (Wildman–Crippen LogP) is 3.75. The number of H-pyrrole nitrogens is 1. The summed E-state index contributed by atoms with van der Waals surface area (Å²) in [4.78, 5) is 11.4. The van der Waals surface area contributed by atoms with Gasteiger partial charge in [-0.05, 0) is 18.4 Å². The molecule has 7 heteroatoms. The van der Waals surface area contributed by atoms with E-state index in [1.807, 2.05) is 24.4 Å². The lowest BCUT2D eigenvalue weighted by Gasteiger charge is -2.01. The van der Waals surface area contributed by atoms with E-state index in [0.29, 0.717) is 11.7 Å². The Bertz CT molecular complexity index is 503. The van der Waals surface area contributed by atoms with Crippen molar-refractivity contribution in [2.24, 2.45) is 10.7 Å². The number of amidine groups is 1. The van der Waals surface area contributed by atoms with E-state index in [0.717, 1.165) is 18.6 Å². The molecular formula is C14H20Br2N4S. The van der Waals surface area contributed by atoms with Gasteiger partial charge in [0.2, 0.25) is 0 Å². The lowest BCUT2D eigenvalue weighted by molar-refractivity contribution is 0.903. The number of imidazole rings is 1. The summed E-state index contributed by atoms with van der Waals surface area (Å²) in [6.07, 6.45) is 5.63. The van der Waals surface area contributed by atoms with Crippen molar-refractivity contribution in [1.82, 2.24) is 9.97 Å². The van der Waals surface area contributed by atoms with Crippen LogP contribution in [-0.2, 0) is 13.0 Å². The van der Waals surface area contributed by atoms with E-state index in [1.165, 1.54) is 11.3 Å². The average molecular weight is 436 g/mol. The molecule has 0 aliphatic rings. The Morgan fingerprint density at radius 2 is 2.00 bits per heavy atom. The van der Waals surface area contributed by atoms with Gasteiger partial charge in [0.15, 0.2) is 5.17 Å². The number of aliphatic imine (C=N–C) groups is 1. The number of aromatic amines is 1. The second-order valence-corrected chi connectivity index (χ2v) is 5.28. The van der Waals surface area contributed by atoms with E-state index in [4.69, 9.17) is 5.73 Å². The number of hydrogen-bond donors (Lipinski definition) is 2. The van der Waals surface area contributed by atoms with Crippen molar-refractivity contribution >= 4 is 50.9 Å². The molecule has 0 radical (unpaired) electrons. The molecule has 0 unspecified atom stereocenters. The van der Waals surface area contributed by atoms with Gasteiger partial charge in [0, 0.05) is 17.6 Å². The summed E-state index contributed by atoms with van der Waals surface area (Å²) in [5.74, 6) is 0.975. The van der Waals surface area contributed by atoms with Crippen molar-refractivity contribution < 1.29 is 0 Å². The third kappa shape index (κ3) is 8.28. The van der Waals surface area contributed by atoms with Gasteiger partial charge in [-0.15, -0.1) is 34.0 Å². The monoisotopic (exact) mass is 434 g/mol. The van der Waals surface area contributed by atoms with Crippen LogP contribution < -0.4 is 5.73 Å². The van der Waals surface area contributed by atoms with Gasteiger partial charge in [-0.1, -0.05) is 42.1 Å². The van der Waals surface area contributed by atoms with E-state index in [-0.39, 0.29) is 34.0 Å². The molecule has 116 valence electrons. The van der Waals surface area contributed by atoms with Crippen molar-refractivity contribution in [3.05, 3.63) is 54.1 Å². The molecular weight excluding hydrogens is 416 g/mol. The smallest absolute Gasteiger partial charge is 0.154 e. The van der Waals surface area contributed by atoms with Gasteiger partial charge in [0.25, 0.3) is 0 Å². The van der Waals surface area contributed by atoms with Crippen LogP contribution in [0.15, 0.2) is 47.8 Å². The summed E-state index contributed by atoms with van der Waals surface area (Å²) >= 11 is 1.61. The first kappa shape index (κ1) is 20.2. The fourth-order valence-corrected chi connectivity index (χ4v) is 2.31. The highest BCUT2D eigenvalue weighted by Crippen LogP contribution is 2.08. The molecule has 0 atom stereocenters. The number of aryl methyl sites for hydroxylation is 1. The molecule has 2 aromatic rings. The zero-order valence-corrected chi connectivity index (χ0v) is 15.8. The number of benzene rings is 1. The third-order valence-corrected chi connectivity index (χ3v) is 3.57. The van der Waals surface area contributed by atoms with Crippen LogP contribution in [-0.4, -0.2) is 20.9 Å². The molecule has 1 heterocycles. The Morgan fingerprint density at radius 1 is 1.24 bits per heavy atom. The molecule has 0 aliphatic carbocycles. The first-order valence-electron chi connectivity index (χ1n) is 6.28. The van der Waals surface area contributed by atoms with Crippen LogP contribution in [0.5, 0.6) is 0 Å². The van der Waals surface area contributed by atoms with E-state index >= 15 is 0 Å². The predicted molar refractivity (Wildman–Crippen MR) is 102 cm³/mol. The fraction of sp³-hybridized carbons (Fsp3) is 0.286. The van der Waals surface area contributed by atoms with Gasteiger partial charge in [-0.2, -0.15) is 0 Å². The van der Waals surface area contributed by atoms with Gasteiger partial charge in [0.05, 0.1) is 12.9 Å². The zero-order chi connectivity index (χ0) is 13.3. The van der Waals surface area contributed by atoms with Crippen molar-refractivity contribution in [2.45, 2.75) is 19.4 Å². The molecule has 21 heavy (non-hydrogen) atoms. The summed E-state index contributed by atoms with van der Waals surface area (Å²) in [5, 5.41) is 0.661. The first-order chi connectivity index (χ1) is 9.34. The topological polar surface area (TPSA) is 67.1 Å². The number of hydrogen-bond acceptors (Lipinski definition) is 3. The lowest BCUT2D eigenvalue weighted by atomic mass is 10.2. The number of rotatable bonds is 6. The second-order valence-electron chi connectivity index (χ2n) is 4.17. The van der Waals surface area contributed by atoms with Gasteiger partial charge < -0.3 is 10.7 Å². The van der Waals surface area contributed by atoms with Crippen molar-refractivity contribution in [3.63, 3.8) is 0 Å². The molecule has 3 N–H and O–H groups in total. The van der Waals surface area contributed by atoms with E-state index in [1.54, 1.807) is 18.1 Å². The Labute approximate surface area is 150 Å². The Balaban J connectivity index is 0.00000200. The second kappa shape index (κ2) is 11.8. The van der Waals surface area contributed by atoms with Crippen LogP contribution in [0.3, 0.4) is 0 Å². The minimum Gasteiger partial charge on any atom is -0.379 e. The maximum absolute atomic E-state index is 5.87. The third-order valence-electron chi connectivity index (χ3n) is 2.66. The van der Waals surface area contributed by atoms with Gasteiger partial charge in [0.1, 0.15) is 0 Å².